The number of hydrogen-bond acceptors (Lipinski definition) is 13. The number of hydrogen-bond donors (Lipinski definition) is 3. The Morgan fingerprint density at radius 1 is 0.786 bits per heavy atom. The van der Waals surface area contributed by atoms with Crippen LogP contribution in [-0.2, 0) is 57.1 Å². The average Bonchev–Trinajstić information content (AvgIpc) is 3.83. The molecule has 3 N–H and O–H groups in total. The van der Waals surface area contributed by atoms with Gasteiger partial charge in [-0.05, 0) is 43.1 Å². The number of nitrogens with zero attached hydrogens (tertiary/aromatic N) is 3. The summed E-state index contributed by atoms with van der Waals surface area (Å²) >= 11 is 0. The molecule has 1 fully saturated rings. The standard InChI is InChI=1S/C52H87N5O13/c1-14-24-66-25-26-67-27-28-68-29-30-69-31-32-70-34-44(59)55(10)46(36(5)6)51(62)54-45(35(3)4)52(63)56(11)47(37(7)15-2)42(64-12)33-43(58)57-23-19-22-41(57)49(65-13)38(8)50(61)53-39(9)48(60)40-20-17-16-18-21-40/h1,16-18,20-21,35-39,41-42,45-49,60H,15,19,22-34H2,2-13H3,(H,53,61)(H,54,62)/t37-,38+,39+,41-,42+,45-,46-,47-,48?,49+/m0/s1. The molecule has 1 unspecified atom stereocenters. The zero-order valence-electron chi connectivity index (χ0n) is 44.2. The van der Waals surface area contributed by atoms with Crippen molar-refractivity contribution in [2.24, 2.45) is 23.7 Å². The molecule has 1 aromatic carbocycles. The Bertz CT molecular complexity index is 1730. The fourth-order valence-corrected chi connectivity index (χ4v) is 8.90. The van der Waals surface area contributed by atoms with Gasteiger partial charge in [-0.15, -0.1) is 6.42 Å². The molecule has 0 aromatic heterocycles. The van der Waals surface area contributed by atoms with E-state index in [1.165, 1.54) is 19.1 Å². The van der Waals surface area contributed by atoms with Gasteiger partial charge in [0.25, 0.3) is 0 Å². The molecule has 1 heterocycles. The molecule has 18 nitrogen and oxygen atoms in total. The summed E-state index contributed by atoms with van der Waals surface area (Å²) < 4.78 is 39.1. The lowest BCUT2D eigenvalue weighted by molar-refractivity contribution is -0.149. The third-order valence-electron chi connectivity index (χ3n) is 13.1. The van der Waals surface area contributed by atoms with E-state index in [2.05, 4.69) is 16.6 Å². The van der Waals surface area contributed by atoms with Crippen molar-refractivity contribution in [3.63, 3.8) is 0 Å². The van der Waals surface area contributed by atoms with Gasteiger partial charge in [0.2, 0.25) is 29.5 Å². The van der Waals surface area contributed by atoms with E-state index in [0.717, 1.165) is 6.42 Å². The molecule has 0 bridgehead atoms. The number of aliphatic hydroxyl groups excluding tert-OH is 1. The summed E-state index contributed by atoms with van der Waals surface area (Å²) in [7, 11) is 6.28. The van der Waals surface area contributed by atoms with Gasteiger partial charge in [-0.3, -0.25) is 24.0 Å². The molecule has 70 heavy (non-hydrogen) atoms. The number of ether oxygens (including phenoxy) is 7. The van der Waals surface area contributed by atoms with Gasteiger partial charge in [0.1, 0.15) is 25.3 Å². The van der Waals surface area contributed by atoms with Gasteiger partial charge in [-0.2, -0.15) is 0 Å². The number of methoxy groups -OCH3 is 2. The van der Waals surface area contributed by atoms with Crippen LogP contribution in [-0.4, -0.2) is 193 Å². The van der Waals surface area contributed by atoms with Crippen LogP contribution in [0.5, 0.6) is 0 Å². The molecule has 0 saturated carbocycles. The number of benzene rings is 1. The van der Waals surface area contributed by atoms with Gasteiger partial charge in [0.05, 0.1) is 102 Å². The van der Waals surface area contributed by atoms with Crippen molar-refractivity contribution in [2.75, 3.05) is 101 Å². The lowest BCUT2D eigenvalue weighted by atomic mass is 9.89. The molecule has 398 valence electrons. The third kappa shape index (κ3) is 19.8. The molecule has 1 aliphatic heterocycles. The van der Waals surface area contributed by atoms with Crippen LogP contribution in [0, 0.1) is 36.0 Å². The van der Waals surface area contributed by atoms with Crippen LogP contribution >= 0.6 is 0 Å². The summed E-state index contributed by atoms with van der Waals surface area (Å²) in [5, 5.41) is 16.8. The summed E-state index contributed by atoms with van der Waals surface area (Å²) in [6.45, 7) is 18.1. The van der Waals surface area contributed by atoms with Crippen LogP contribution in [0.1, 0.15) is 92.7 Å². The number of terminal acetylenes is 1. The van der Waals surface area contributed by atoms with Crippen molar-refractivity contribution in [2.45, 2.75) is 130 Å². The average molecular weight is 990 g/mol. The number of nitrogens with one attached hydrogen (secondary N) is 2. The van der Waals surface area contributed by atoms with Gasteiger partial charge in [-0.25, -0.2) is 0 Å². The molecular weight excluding hydrogens is 903 g/mol. The number of rotatable bonds is 35. The minimum Gasteiger partial charge on any atom is -0.386 e. The molecule has 0 spiro atoms. The van der Waals surface area contributed by atoms with Crippen LogP contribution in [0.3, 0.4) is 0 Å². The van der Waals surface area contributed by atoms with Gasteiger partial charge in [0.15, 0.2) is 0 Å². The number of carbonyl (C=O) groups is 5. The van der Waals surface area contributed by atoms with E-state index in [1.807, 2.05) is 59.7 Å². The molecule has 5 amide bonds. The van der Waals surface area contributed by atoms with Crippen molar-refractivity contribution in [1.82, 2.24) is 25.3 Å². The summed E-state index contributed by atoms with van der Waals surface area (Å²) in [4.78, 5) is 74.6. The molecule has 1 aliphatic rings. The first-order chi connectivity index (χ1) is 33.4. The lowest BCUT2D eigenvalue weighted by Gasteiger charge is -2.41. The number of aliphatic hydroxyl groups is 1. The maximum atomic E-state index is 14.6. The largest absolute Gasteiger partial charge is 0.386 e. The predicted octanol–water partition coefficient (Wildman–Crippen LogP) is 3.49. The van der Waals surface area contributed by atoms with Crippen molar-refractivity contribution in [3.8, 4) is 12.3 Å². The highest BCUT2D eigenvalue weighted by molar-refractivity contribution is 5.92. The van der Waals surface area contributed by atoms with Gasteiger partial charge in [-0.1, -0.05) is 91.1 Å². The molecular formula is C52H87N5O13. The summed E-state index contributed by atoms with van der Waals surface area (Å²) in [6.07, 6.45) is 4.86. The summed E-state index contributed by atoms with van der Waals surface area (Å²) in [5.74, 6) is -0.728. The Morgan fingerprint density at radius 3 is 1.87 bits per heavy atom. The molecule has 2 rings (SSSR count). The number of likely N-dealkylation sites (tertiary alicyclic amines) is 1. The smallest absolute Gasteiger partial charge is 0.249 e. The Labute approximate surface area is 418 Å². The van der Waals surface area contributed by atoms with E-state index >= 15 is 0 Å². The van der Waals surface area contributed by atoms with E-state index in [0.29, 0.717) is 64.6 Å². The van der Waals surface area contributed by atoms with Crippen LogP contribution in [0.15, 0.2) is 30.3 Å². The van der Waals surface area contributed by atoms with Crippen molar-refractivity contribution in [3.05, 3.63) is 35.9 Å². The molecule has 1 aromatic rings. The molecule has 10 atom stereocenters. The first kappa shape index (κ1) is 61.9. The highest BCUT2D eigenvalue weighted by Crippen LogP contribution is 2.30. The minimum atomic E-state index is -0.958. The maximum Gasteiger partial charge on any atom is 0.249 e. The Balaban J connectivity index is 2.05. The van der Waals surface area contributed by atoms with Crippen LogP contribution in [0.2, 0.25) is 0 Å². The van der Waals surface area contributed by atoms with Gasteiger partial charge < -0.3 is 63.6 Å². The second-order valence-electron chi connectivity index (χ2n) is 18.8. The molecule has 0 radical (unpaired) electrons. The molecule has 1 saturated heterocycles. The van der Waals surface area contributed by atoms with E-state index in [-0.39, 0.29) is 68.3 Å². The first-order valence-electron chi connectivity index (χ1n) is 24.9. The Hall–Kier alpha value is -4.19. The van der Waals surface area contributed by atoms with Crippen molar-refractivity contribution < 1.29 is 62.2 Å². The Kier molecular flexibility index (Phi) is 29.6. The van der Waals surface area contributed by atoms with Crippen LogP contribution in [0.25, 0.3) is 0 Å². The zero-order chi connectivity index (χ0) is 52.3. The minimum absolute atomic E-state index is 0.0391. The van der Waals surface area contributed by atoms with E-state index in [9.17, 15) is 29.1 Å². The fourth-order valence-electron chi connectivity index (χ4n) is 8.90. The lowest BCUT2D eigenvalue weighted by Crippen LogP contribution is -2.60. The predicted molar refractivity (Wildman–Crippen MR) is 266 cm³/mol. The second-order valence-corrected chi connectivity index (χ2v) is 18.8. The normalized spacial score (nSPS) is 17.7. The molecule has 18 heteroatoms. The van der Waals surface area contributed by atoms with Crippen LogP contribution in [0.4, 0.5) is 0 Å². The van der Waals surface area contributed by atoms with E-state index in [1.54, 1.807) is 49.9 Å². The van der Waals surface area contributed by atoms with Crippen molar-refractivity contribution in [1.29, 1.82) is 0 Å². The van der Waals surface area contributed by atoms with Crippen molar-refractivity contribution >= 4 is 29.5 Å². The number of likely N-dealkylation sites (N-methyl/N-ethyl adjacent to an activating group) is 2. The van der Waals surface area contributed by atoms with E-state index < -0.39 is 66.3 Å². The van der Waals surface area contributed by atoms with Crippen LogP contribution < -0.4 is 10.6 Å². The SMILES string of the molecule is C#CCOCCOCCOCCOCCOCC(=O)N(C)[C@H](C(=O)N[C@H](C(=O)N(C)[C@@H]([C@@H](C)CC)[C@@H](CC(=O)N1CCC[C@H]1[C@H](OC)[C@@H](C)C(=O)N[C@H](C)C(O)c1ccccc1)OC)C(C)C)C(C)C. The molecule has 0 aliphatic carbocycles. The number of amides is 5. The second kappa shape index (κ2) is 33.5. The highest BCUT2D eigenvalue weighted by atomic mass is 16.6. The third-order valence-corrected chi connectivity index (χ3v) is 13.1. The monoisotopic (exact) mass is 990 g/mol. The maximum absolute atomic E-state index is 14.6. The number of carbonyl (C=O) groups excluding carboxylic acids is 5. The topological polar surface area (TPSA) is 204 Å². The Morgan fingerprint density at radius 2 is 1.36 bits per heavy atom. The van der Waals surface area contributed by atoms with Gasteiger partial charge in [0, 0.05) is 34.9 Å². The first-order valence-corrected chi connectivity index (χ1v) is 24.9. The summed E-state index contributed by atoms with van der Waals surface area (Å²) in [6, 6.07) is 5.75. The van der Waals surface area contributed by atoms with E-state index in [4.69, 9.17) is 39.6 Å². The zero-order valence-corrected chi connectivity index (χ0v) is 44.2. The quantitative estimate of drug-likeness (QED) is 0.0660. The van der Waals surface area contributed by atoms with Gasteiger partial charge >= 0.3 is 0 Å². The summed E-state index contributed by atoms with van der Waals surface area (Å²) in [5.41, 5.74) is 0.689. The highest BCUT2D eigenvalue weighted by Gasteiger charge is 2.43. The fraction of sp³-hybridized carbons (Fsp3) is 0.750.